The molecule has 28 heavy (non-hydrogen) atoms. The lowest BCUT2D eigenvalue weighted by Gasteiger charge is -2.08. The van der Waals surface area contributed by atoms with Gasteiger partial charge in [-0.25, -0.2) is 19.9 Å². The highest BCUT2D eigenvalue weighted by atomic mass is 35.5. The van der Waals surface area contributed by atoms with Crippen molar-refractivity contribution in [3.63, 3.8) is 0 Å². The van der Waals surface area contributed by atoms with Crippen LogP contribution in [0.2, 0.25) is 5.02 Å². The van der Waals surface area contributed by atoms with Gasteiger partial charge >= 0.3 is 11.7 Å². The lowest BCUT2D eigenvalue weighted by atomic mass is 10.2. The Balaban J connectivity index is 1.71. The van der Waals surface area contributed by atoms with Crippen LogP contribution in [0.4, 0.5) is 10.7 Å². The Morgan fingerprint density at radius 1 is 1.21 bits per heavy atom. The summed E-state index contributed by atoms with van der Waals surface area (Å²) in [6.07, 6.45) is 0.792. The zero-order valence-corrected chi connectivity index (χ0v) is 15.7. The SMILES string of the molecule is CCNc1nccc(-c2cc(OC(=O)NCc3ccc(Cl)cc3)c(=O)[nH]n2)n1. The number of amides is 1. The molecule has 2 heterocycles. The molecule has 0 aliphatic rings. The maximum Gasteiger partial charge on any atom is 0.413 e. The third-order valence-corrected chi connectivity index (χ3v) is 3.83. The first-order valence-electron chi connectivity index (χ1n) is 8.42. The second-order valence-electron chi connectivity index (χ2n) is 5.61. The molecule has 2 aromatic heterocycles. The van der Waals surface area contributed by atoms with E-state index in [-0.39, 0.29) is 12.3 Å². The number of H-pyrrole nitrogens is 1. The summed E-state index contributed by atoms with van der Waals surface area (Å²) in [7, 11) is 0. The second kappa shape index (κ2) is 8.96. The summed E-state index contributed by atoms with van der Waals surface area (Å²) in [4.78, 5) is 32.3. The molecule has 144 valence electrons. The van der Waals surface area contributed by atoms with Gasteiger partial charge in [0, 0.05) is 30.4 Å². The molecule has 0 unspecified atom stereocenters. The molecule has 0 aliphatic heterocycles. The van der Waals surface area contributed by atoms with Crippen molar-refractivity contribution >= 4 is 23.6 Å². The fourth-order valence-electron chi connectivity index (χ4n) is 2.25. The van der Waals surface area contributed by atoms with Gasteiger partial charge in [0.15, 0.2) is 0 Å². The van der Waals surface area contributed by atoms with Crippen LogP contribution in [-0.4, -0.2) is 32.8 Å². The van der Waals surface area contributed by atoms with Gasteiger partial charge in [0.2, 0.25) is 11.7 Å². The summed E-state index contributed by atoms with van der Waals surface area (Å²) < 4.78 is 5.11. The van der Waals surface area contributed by atoms with Gasteiger partial charge in [-0.1, -0.05) is 23.7 Å². The molecule has 0 saturated heterocycles. The number of anilines is 1. The number of nitrogens with one attached hydrogen (secondary N) is 3. The van der Waals surface area contributed by atoms with Crippen molar-refractivity contribution in [2.45, 2.75) is 13.5 Å². The number of hydrogen-bond acceptors (Lipinski definition) is 7. The maximum absolute atomic E-state index is 12.0. The highest BCUT2D eigenvalue weighted by Gasteiger charge is 2.12. The normalized spacial score (nSPS) is 10.4. The van der Waals surface area contributed by atoms with Crippen molar-refractivity contribution < 1.29 is 9.53 Å². The molecule has 1 amide bonds. The first-order chi connectivity index (χ1) is 13.5. The third-order valence-electron chi connectivity index (χ3n) is 3.58. The van der Waals surface area contributed by atoms with Crippen molar-refractivity contribution in [3.8, 4) is 17.1 Å². The monoisotopic (exact) mass is 400 g/mol. The summed E-state index contributed by atoms with van der Waals surface area (Å²) in [6.45, 7) is 2.80. The Morgan fingerprint density at radius 3 is 2.75 bits per heavy atom. The van der Waals surface area contributed by atoms with E-state index in [4.69, 9.17) is 16.3 Å². The van der Waals surface area contributed by atoms with E-state index in [1.54, 1.807) is 36.5 Å². The predicted octanol–water partition coefficient (Wildman–Crippen LogP) is 2.60. The summed E-state index contributed by atoms with van der Waals surface area (Å²) >= 11 is 5.82. The first kappa shape index (κ1) is 19.3. The Labute approximate surface area is 165 Å². The number of ether oxygens (including phenoxy) is 1. The highest BCUT2D eigenvalue weighted by molar-refractivity contribution is 6.30. The third kappa shape index (κ3) is 5.04. The molecule has 0 atom stereocenters. The Morgan fingerprint density at radius 2 is 2.00 bits per heavy atom. The Hall–Kier alpha value is -3.46. The molecule has 0 spiro atoms. The fraction of sp³-hybridized carbons (Fsp3) is 0.167. The number of rotatable bonds is 6. The molecule has 0 aliphatic carbocycles. The van der Waals surface area contributed by atoms with Gasteiger partial charge < -0.3 is 15.4 Å². The summed E-state index contributed by atoms with van der Waals surface area (Å²) in [5, 5.41) is 12.4. The average molecular weight is 401 g/mol. The number of hydrogen-bond donors (Lipinski definition) is 3. The van der Waals surface area contributed by atoms with E-state index in [0.717, 1.165) is 5.56 Å². The van der Waals surface area contributed by atoms with Crippen LogP contribution in [0.25, 0.3) is 11.4 Å². The van der Waals surface area contributed by atoms with Crippen molar-refractivity contribution in [2.75, 3.05) is 11.9 Å². The number of benzene rings is 1. The first-order valence-corrected chi connectivity index (χ1v) is 8.80. The van der Waals surface area contributed by atoms with Crippen molar-refractivity contribution in [3.05, 3.63) is 63.5 Å². The number of aromatic nitrogens is 4. The smallest absolute Gasteiger partial charge is 0.404 e. The van der Waals surface area contributed by atoms with Gasteiger partial charge in [-0.2, -0.15) is 5.10 Å². The molecule has 3 rings (SSSR count). The average Bonchev–Trinajstić information content (AvgIpc) is 2.70. The van der Waals surface area contributed by atoms with Crippen molar-refractivity contribution in [1.82, 2.24) is 25.5 Å². The number of carbonyl (C=O) groups is 1. The van der Waals surface area contributed by atoms with Gasteiger partial charge in [0.1, 0.15) is 5.69 Å². The Kier molecular flexibility index (Phi) is 6.18. The predicted molar refractivity (Wildman–Crippen MR) is 104 cm³/mol. The maximum atomic E-state index is 12.0. The molecular weight excluding hydrogens is 384 g/mol. The summed E-state index contributed by atoms with van der Waals surface area (Å²) in [5.74, 6) is 0.235. The van der Waals surface area contributed by atoms with E-state index in [2.05, 4.69) is 30.8 Å². The van der Waals surface area contributed by atoms with Crippen molar-refractivity contribution in [1.29, 1.82) is 0 Å². The molecule has 0 radical (unpaired) electrons. The lowest BCUT2D eigenvalue weighted by Crippen LogP contribution is -2.28. The summed E-state index contributed by atoms with van der Waals surface area (Å²) in [5.41, 5.74) is 1.00. The topological polar surface area (TPSA) is 122 Å². The minimum atomic E-state index is -0.770. The van der Waals surface area contributed by atoms with E-state index in [9.17, 15) is 9.59 Å². The van der Waals surface area contributed by atoms with Crippen LogP contribution in [0, 0.1) is 0 Å². The largest absolute Gasteiger partial charge is 0.413 e. The van der Waals surface area contributed by atoms with Crippen LogP contribution in [0.5, 0.6) is 5.75 Å². The number of carbonyl (C=O) groups excluding carboxylic acids is 1. The number of halogens is 1. The number of aromatic amines is 1. The molecule has 1 aromatic carbocycles. The van der Waals surface area contributed by atoms with E-state index in [0.29, 0.717) is 28.9 Å². The van der Waals surface area contributed by atoms with E-state index in [1.165, 1.54) is 6.07 Å². The van der Waals surface area contributed by atoms with Crippen LogP contribution in [0.1, 0.15) is 12.5 Å². The molecule has 10 heteroatoms. The van der Waals surface area contributed by atoms with Crippen LogP contribution >= 0.6 is 11.6 Å². The lowest BCUT2D eigenvalue weighted by molar-refractivity contribution is 0.199. The van der Waals surface area contributed by atoms with Crippen molar-refractivity contribution in [2.24, 2.45) is 0 Å². The van der Waals surface area contributed by atoms with Crippen LogP contribution in [0.3, 0.4) is 0 Å². The van der Waals surface area contributed by atoms with Gasteiger partial charge in [-0.15, -0.1) is 0 Å². The molecule has 0 saturated carbocycles. The van der Waals surface area contributed by atoms with Crippen LogP contribution in [-0.2, 0) is 6.54 Å². The quantitative estimate of drug-likeness (QED) is 0.581. The fourth-order valence-corrected chi connectivity index (χ4v) is 2.38. The highest BCUT2D eigenvalue weighted by Crippen LogP contribution is 2.17. The zero-order chi connectivity index (χ0) is 19.9. The Bertz CT molecular complexity index is 1020. The summed E-state index contributed by atoms with van der Waals surface area (Å²) in [6, 6.07) is 9.96. The van der Waals surface area contributed by atoms with Crippen LogP contribution in [0.15, 0.2) is 47.4 Å². The van der Waals surface area contributed by atoms with E-state index >= 15 is 0 Å². The minimum absolute atomic E-state index is 0.192. The standard InChI is InChI=1S/C18H17ClN6O3/c1-2-20-17-21-8-7-13(23-17)14-9-15(16(26)25-24-14)28-18(27)22-10-11-3-5-12(19)6-4-11/h3-9H,2,10H2,1H3,(H,22,27)(H,25,26)(H,20,21,23). The van der Waals surface area contributed by atoms with Gasteiger partial charge in [-0.3, -0.25) is 4.79 Å². The van der Waals surface area contributed by atoms with E-state index in [1.807, 2.05) is 6.92 Å². The minimum Gasteiger partial charge on any atom is -0.404 e. The van der Waals surface area contributed by atoms with Crippen LogP contribution < -0.4 is 20.9 Å². The molecule has 3 aromatic rings. The zero-order valence-electron chi connectivity index (χ0n) is 14.9. The molecule has 0 fully saturated rings. The molecular formula is C18H17ClN6O3. The van der Waals surface area contributed by atoms with Gasteiger partial charge in [0.05, 0.1) is 5.69 Å². The molecule has 9 nitrogen and oxygen atoms in total. The van der Waals surface area contributed by atoms with Gasteiger partial charge in [-0.05, 0) is 30.7 Å². The number of nitrogens with zero attached hydrogens (tertiary/aromatic N) is 3. The van der Waals surface area contributed by atoms with E-state index < -0.39 is 11.7 Å². The second-order valence-corrected chi connectivity index (χ2v) is 6.05. The molecule has 3 N–H and O–H groups in total. The molecule has 0 bridgehead atoms. The van der Waals surface area contributed by atoms with Gasteiger partial charge in [0.25, 0.3) is 0 Å².